The number of likely N-dealkylation sites (tertiary alicyclic amines) is 1. The number of amides is 1. The van der Waals surface area contributed by atoms with Crippen LogP contribution >= 0.6 is 11.6 Å². The molecule has 4 aliphatic rings. The molecule has 2 N–H and O–H groups in total. The molecule has 4 aromatic rings. The number of ether oxygens (including phenoxy) is 1. The van der Waals surface area contributed by atoms with Crippen molar-refractivity contribution in [3.05, 3.63) is 76.6 Å². The van der Waals surface area contributed by atoms with Crippen LogP contribution in [0.25, 0.3) is 10.9 Å². The van der Waals surface area contributed by atoms with Crippen molar-refractivity contribution >= 4 is 34.2 Å². The zero-order valence-electron chi connectivity index (χ0n) is 26.8. The van der Waals surface area contributed by atoms with Crippen LogP contribution in [0.2, 0.25) is 5.02 Å². The summed E-state index contributed by atoms with van der Waals surface area (Å²) in [5.41, 5.74) is 4.68. The van der Waals surface area contributed by atoms with Crippen LogP contribution in [0.15, 0.2) is 48.9 Å². The topological polar surface area (TPSA) is 108 Å². The van der Waals surface area contributed by atoms with Gasteiger partial charge in [0.1, 0.15) is 29.7 Å². The predicted molar refractivity (Wildman–Crippen MR) is 179 cm³/mol. The Bertz CT molecular complexity index is 1860. The fourth-order valence-corrected chi connectivity index (χ4v) is 8.21. The molecule has 4 fully saturated rings. The van der Waals surface area contributed by atoms with E-state index >= 15 is 0 Å². The van der Waals surface area contributed by atoms with Gasteiger partial charge in [-0.3, -0.25) is 9.69 Å². The Kier molecular flexibility index (Phi) is 8.31. The summed E-state index contributed by atoms with van der Waals surface area (Å²) in [6.07, 6.45) is 9.65. The molecule has 1 amide bonds. The van der Waals surface area contributed by atoms with Crippen molar-refractivity contribution in [1.82, 2.24) is 24.8 Å². The second kappa shape index (κ2) is 12.4. The van der Waals surface area contributed by atoms with Crippen LogP contribution in [0, 0.1) is 29.5 Å². The van der Waals surface area contributed by atoms with E-state index in [0.717, 1.165) is 75.6 Å². The summed E-state index contributed by atoms with van der Waals surface area (Å²) in [7, 11) is 0. The summed E-state index contributed by atoms with van der Waals surface area (Å²) in [6.45, 7) is 7.58. The van der Waals surface area contributed by atoms with Crippen LogP contribution in [0.1, 0.15) is 68.7 Å². The van der Waals surface area contributed by atoms with E-state index < -0.39 is 5.82 Å². The highest BCUT2D eigenvalue weighted by Gasteiger charge is 2.67. The third kappa shape index (κ3) is 6.15. The Morgan fingerprint density at radius 3 is 2.68 bits per heavy atom. The highest BCUT2D eigenvalue weighted by atomic mass is 35.5. The van der Waals surface area contributed by atoms with Crippen LogP contribution in [-0.4, -0.2) is 50.0 Å². The zero-order chi connectivity index (χ0) is 32.8. The van der Waals surface area contributed by atoms with Crippen LogP contribution in [0.3, 0.4) is 0 Å². The molecule has 0 radical (unpaired) electrons. The number of fused-ring (bicyclic) bond motifs is 1. The number of hydrogen-bond acceptors (Lipinski definition) is 7. The highest BCUT2D eigenvalue weighted by Crippen LogP contribution is 2.69. The van der Waals surface area contributed by atoms with Crippen molar-refractivity contribution in [3.8, 4) is 17.6 Å². The molecule has 0 spiro atoms. The molecule has 3 heterocycles. The lowest BCUT2D eigenvalue weighted by Gasteiger charge is -2.71. The number of rotatable bonds is 11. The fourth-order valence-electron chi connectivity index (χ4n) is 8.00. The van der Waals surface area contributed by atoms with E-state index in [1.807, 2.05) is 6.92 Å². The number of piperidine rings is 1. The molecule has 3 saturated carbocycles. The molecule has 47 heavy (non-hydrogen) atoms. The van der Waals surface area contributed by atoms with Crippen molar-refractivity contribution in [2.75, 3.05) is 18.4 Å². The molecule has 11 heteroatoms. The summed E-state index contributed by atoms with van der Waals surface area (Å²) in [5.74, 6) is 1.07. The van der Waals surface area contributed by atoms with Gasteiger partial charge in [0.25, 0.3) is 0 Å². The first kappa shape index (κ1) is 31.4. The molecular weight excluding hydrogens is 617 g/mol. The molecule has 2 aromatic carbocycles. The van der Waals surface area contributed by atoms with Crippen LogP contribution in [0.5, 0.6) is 11.5 Å². The predicted octanol–water partition coefficient (Wildman–Crippen LogP) is 7.11. The molecule has 1 saturated heterocycles. The summed E-state index contributed by atoms with van der Waals surface area (Å²) in [6, 6.07) is 13.1. The van der Waals surface area contributed by atoms with Gasteiger partial charge in [0.2, 0.25) is 5.91 Å². The number of nitrogens with one attached hydrogen (secondary N) is 2. The maximum atomic E-state index is 13.5. The zero-order valence-corrected chi connectivity index (χ0v) is 27.5. The van der Waals surface area contributed by atoms with E-state index in [2.05, 4.69) is 61.3 Å². The van der Waals surface area contributed by atoms with Crippen LogP contribution < -0.4 is 15.4 Å². The number of aryl methyl sites for hydroxylation is 2. The van der Waals surface area contributed by atoms with Crippen LogP contribution in [-0.2, 0) is 17.9 Å². The molecule has 0 atom stereocenters. The second-order valence-corrected chi connectivity index (χ2v) is 14.1. The van der Waals surface area contributed by atoms with Gasteiger partial charge in [-0.15, -0.1) is 0 Å². The molecule has 1 aliphatic heterocycles. The molecule has 9 nitrogen and oxygen atoms in total. The van der Waals surface area contributed by atoms with E-state index in [1.165, 1.54) is 35.7 Å². The van der Waals surface area contributed by atoms with E-state index in [9.17, 15) is 14.4 Å². The summed E-state index contributed by atoms with van der Waals surface area (Å²) >= 11 is 6.17. The Balaban J connectivity index is 0.957. The number of hydrogen-bond donors (Lipinski definition) is 2. The third-order valence-corrected chi connectivity index (χ3v) is 10.7. The number of nitriles is 1. The molecule has 8 rings (SSSR count). The minimum atomic E-state index is -0.429. The molecule has 2 aromatic heterocycles. The van der Waals surface area contributed by atoms with Gasteiger partial charge in [0.05, 0.1) is 11.2 Å². The van der Waals surface area contributed by atoms with Gasteiger partial charge in [-0.05, 0) is 92.3 Å². The molecule has 3 aliphatic carbocycles. The van der Waals surface area contributed by atoms with Gasteiger partial charge >= 0.3 is 0 Å². The molecule has 2 bridgehead atoms. The lowest BCUT2D eigenvalue weighted by Crippen LogP contribution is -2.74. The average molecular weight is 656 g/mol. The minimum absolute atomic E-state index is 0.0349. The van der Waals surface area contributed by atoms with Gasteiger partial charge in [0.15, 0.2) is 11.6 Å². The lowest BCUT2D eigenvalue weighted by atomic mass is 9.38. The Labute approximate surface area is 279 Å². The monoisotopic (exact) mass is 655 g/mol. The van der Waals surface area contributed by atoms with Gasteiger partial charge in [-0.25, -0.2) is 14.4 Å². The maximum Gasteiger partial charge on any atom is 0.220 e. The van der Waals surface area contributed by atoms with Crippen molar-refractivity contribution in [2.24, 2.45) is 5.41 Å². The van der Waals surface area contributed by atoms with E-state index in [-0.39, 0.29) is 22.5 Å². The largest absolute Gasteiger partial charge is 0.450 e. The quantitative estimate of drug-likeness (QED) is 0.177. The number of benzene rings is 2. The van der Waals surface area contributed by atoms with Gasteiger partial charge in [0, 0.05) is 55.1 Å². The normalized spacial score (nSPS) is 22.3. The van der Waals surface area contributed by atoms with E-state index in [0.29, 0.717) is 34.8 Å². The number of carbonyl (C=O) groups is 1. The second-order valence-electron chi connectivity index (χ2n) is 13.6. The number of aromatic nitrogens is 3. The SMILES string of the molecule is CCC(=O)NC12CC(CCn3c(C#N)cc4c(C)c(CN5CCC(Nc6ncncc6Oc6ccc(F)cc6Cl)CC5)ccc43)(C1)C2. The number of anilines is 1. The summed E-state index contributed by atoms with van der Waals surface area (Å²) in [5, 5.41) is 18.1. The first-order valence-electron chi connectivity index (χ1n) is 16.4. The third-order valence-electron chi connectivity index (χ3n) is 10.4. The first-order valence-corrected chi connectivity index (χ1v) is 16.8. The first-order chi connectivity index (χ1) is 22.7. The average Bonchev–Trinajstić information content (AvgIpc) is 3.40. The Morgan fingerprint density at radius 1 is 1.17 bits per heavy atom. The van der Waals surface area contributed by atoms with E-state index in [1.54, 1.807) is 6.20 Å². The molecule has 244 valence electrons. The number of halogens is 2. The Hall–Kier alpha value is -4.20. The van der Waals surface area contributed by atoms with Crippen molar-refractivity contribution in [1.29, 1.82) is 5.26 Å². The van der Waals surface area contributed by atoms with Crippen molar-refractivity contribution < 1.29 is 13.9 Å². The summed E-state index contributed by atoms with van der Waals surface area (Å²) in [4.78, 5) is 22.9. The molecule has 0 unspecified atom stereocenters. The van der Waals surface area contributed by atoms with E-state index in [4.69, 9.17) is 16.3 Å². The van der Waals surface area contributed by atoms with Crippen LogP contribution in [0.4, 0.5) is 10.2 Å². The van der Waals surface area contributed by atoms with Crippen molar-refractivity contribution in [2.45, 2.75) is 83.5 Å². The van der Waals surface area contributed by atoms with Gasteiger partial charge in [-0.2, -0.15) is 5.26 Å². The standard InChI is InChI=1S/C36H39ClFN7O2/c1-3-33(46)43-36-19-35(20-36,21-36)10-13-45-27(16-39)15-28-23(2)24(4-6-30(28)45)18-44-11-8-26(9-12-44)42-34-32(17-40-22-41-34)47-31-7-5-25(38)14-29(31)37/h4-7,14-15,17,22,26H,3,8-13,18-21H2,1-2H3,(H,43,46)(H,40,41,42). The number of carbonyl (C=O) groups excluding carboxylic acids is 1. The fraction of sp³-hybridized carbons (Fsp3) is 0.444. The van der Waals surface area contributed by atoms with Gasteiger partial charge in [-0.1, -0.05) is 24.6 Å². The van der Waals surface area contributed by atoms with Crippen molar-refractivity contribution in [3.63, 3.8) is 0 Å². The smallest absolute Gasteiger partial charge is 0.220 e. The number of nitrogens with zero attached hydrogens (tertiary/aromatic N) is 5. The lowest BCUT2D eigenvalue weighted by molar-refractivity contribution is -0.169. The Morgan fingerprint density at radius 2 is 1.96 bits per heavy atom. The van der Waals surface area contributed by atoms with Gasteiger partial charge < -0.3 is 19.9 Å². The highest BCUT2D eigenvalue weighted by molar-refractivity contribution is 6.32. The molecular formula is C36H39ClFN7O2. The maximum absolute atomic E-state index is 13.5. The summed E-state index contributed by atoms with van der Waals surface area (Å²) < 4.78 is 21.6. The minimum Gasteiger partial charge on any atom is -0.450 e.